The van der Waals surface area contributed by atoms with Crippen LogP contribution < -0.4 is 11.1 Å². The third kappa shape index (κ3) is 8.19. The number of ether oxygens (including phenoxy) is 1. The Bertz CT molecular complexity index is 435. The first kappa shape index (κ1) is 17.3. The predicted octanol–water partition coefficient (Wildman–Crippen LogP) is 2.62. The van der Waals surface area contributed by atoms with Crippen LogP contribution in [0.1, 0.15) is 24.9 Å². The molecule has 0 aliphatic rings. The molecule has 1 atom stereocenters. The van der Waals surface area contributed by atoms with Crippen molar-refractivity contribution < 1.29 is 17.9 Å². The van der Waals surface area contributed by atoms with Crippen molar-refractivity contribution in [1.29, 1.82) is 0 Å². The molecule has 1 aromatic rings. The summed E-state index contributed by atoms with van der Waals surface area (Å²) in [6.07, 6.45) is -3.90. The van der Waals surface area contributed by atoms with Crippen molar-refractivity contribution in [1.82, 2.24) is 5.32 Å². The fourth-order valence-corrected chi connectivity index (χ4v) is 1.65. The number of halogens is 3. The van der Waals surface area contributed by atoms with Gasteiger partial charge in [-0.2, -0.15) is 13.2 Å². The molecule has 0 saturated carbocycles. The SMILES string of the molecule is CC(NC(N)=NCCCOCC(F)(F)F)c1ccccc1. The second-order valence-electron chi connectivity index (χ2n) is 4.56. The van der Waals surface area contributed by atoms with Gasteiger partial charge in [-0.3, -0.25) is 4.99 Å². The highest BCUT2D eigenvalue weighted by Gasteiger charge is 2.27. The average molecular weight is 303 g/mol. The fourth-order valence-electron chi connectivity index (χ4n) is 1.65. The summed E-state index contributed by atoms with van der Waals surface area (Å²) < 4.78 is 39.9. The number of hydrogen-bond donors (Lipinski definition) is 2. The molecule has 118 valence electrons. The molecule has 0 heterocycles. The van der Waals surface area contributed by atoms with Crippen LogP contribution in [-0.4, -0.2) is 31.9 Å². The van der Waals surface area contributed by atoms with Crippen molar-refractivity contribution in [2.24, 2.45) is 10.7 Å². The second kappa shape index (κ2) is 8.51. The highest BCUT2D eigenvalue weighted by molar-refractivity contribution is 5.78. The summed E-state index contributed by atoms with van der Waals surface area (Å²) in [5, 5.41) is 3.02. The maximum atomic E-state index is 11.8. The lowest BCUT2D eigenvalue weighted by Crippen LogP contribution is -2.34. The van der Waals surface area contributed by atoms with Crippen LogP contribution in [0.4, 0.5) is 13.2 Å². The minimum atomic E-state index is -4.28. The van der Waals surface area contributed by atoms with E-state index in [1.165, 1.54) is 0 Å². The number of guanidine groups is 1. The third-order valence-corrected chi connectivity index (χ3v) is 2.66. The molecule has 0 aliphatic heterocycles. The molecule has 0 spiro atoms. The first-order valence-corrected chi connectivity index (χ1v) is 6.64. The average Bonchev–Trinajstić information content (AvgIpc) is 2.42. The molecule has 0 radical (unpaired) electrons. The van der Waals surface area contributed by atoms with Gasteiger partial charge in [0.1, 0.15) is 6.61 Å². The summed E-state index contributed by atoms with van der Waals surface area (Å²) in [6.45, 7) is 1.04. The largest absolute Gasteiger partial charge is 0.411 e. The summed E-state index contributed by atoms with van der Waals surface area (Å²) in [5.41, 5.74) is 6.79. The van der Waals surface area contributed by atoms with Crippen molar-refractivity contribution >= 4 is 5.96 Å². The molecule has 7 heteroatoms. The molecule has 0 fully saturated rings. The number of nitrogens with two attached hydrogens (primary N) is 1. The third-order valence-electron chi connectivity index (χ3n) is 2.66. The van der Waals surface area contributed by atoms with Crippen molar-refractivity contribution in [3.8, 4) is 0 Å². The molecular weight excluding hydrogens is 283 g/mol. The summed E-state index contributed by atoms with van der Waals surface area (Å²) in [5.74, 6) is 0.266. The quantitative estimate of drug-likeness (QED) is 0.462. The van der Waals surface area contributed by atoms with E-state index in [-0.39, 0.29) is 18.6 Å². The Hall–Kier alpha value is -1.76. The van der Waals surface area contributed by atoms with Crippen LogP contribution in [0.5, 0.6) is 0 Å². The highest BCUT2D eigenvalue weighted by atomic mass is 19.4. The van der Waals surface area contributed by atoms with Crippen LogP contribution in [0.15, 0.2) is 35.3 Å². The Balaban J connectivity index is 2.21. The summed E-state index contributed by atoms with van der Waals surface area (Å²) in [4.78, 5) is 4.05. The number of nitrogens with zero attached hydrogens (tertiary/aromatic N) is 1. The van der Waals surface area contributed by atoms with Gasteiger partial charge in [0.25, 0.3) is 0 Å². The molecule has 21 heavy (non-hydrogen) atoms. The number of aliphatic imine (C=N–C) groups is 1. The monoisotopic (exact) mass is 303 g/mol. The van der Waals surface area contributed by atoms with Crippen molar-refractivity contribution in [2.75, 3.05) is 19.8 Å². The molecule has 1 aromatic carbocycles. The zero-order chi connectivity index (χ0) is 15.7. The minimum absolute atomic E-state index is 0.00449. The van der Waals surface area contributed by atoms with E-state index in [4.69, 9.17) is 5.73 Å². The molecular formula is C14H20F3N3O. The summed E-state index contributed by atoms with van der Waals surface area (Å²) >= 11 is 0. The van der Waals surface area contributed by atoms with Crippen molar-refractivity contribution in [3.63, 3.8) is 0 Å². The Morgan fingerprint density at radius 3 is 2.62 bits per heavy atom. The maximum Gasteiger partial charge on any atom is 0.411 e. The molecule has 0 amide bonds. The summed E-state index contributed by atoms with van der Waals surface area (Å²) in [7, 11) is 0. The second-order valence-corrected chi connectivity index (χ2v) is 4.56. The number of benzene rings is 1. The van der Waals surface area contributed by atoms with E-state index in [9.17, 15) is 13.2 Å². The normalized spacial score (nSPS) is 14.0. The van der Waals surface area contributed by atoms with E-state index < -0.39 is 12.8 Å². The first-order chi connectivity index (χ1) is 9.88. The fraction of sp³-hybridized carbons (Fsp3) is 0.500. The number of nitrogens with one attached hydrogen (secondary N) is 1. The Morgan fingerprint density at radius 1 is 1.33 bits per heavy atom. The molecule has 0 saturated heterocycles. The van der Waals surface area contributed by atoms with E-state index in [1.807, 2.05) is 37.3 Å². The first-order valence-electron chi connectivity index (χ1n) is 6.64. The van der Waals surface area contributed by atoms with Crippen LogP contribution in [0, 0.1) is 0 Å². The molecule has 0 aromatic heterocycles. The topological polar surface area (TPSA) is 59.6 Å². The Morgan fingerprint density at radius 2 is 2.00 bits per heavy atom. The molecule has 3 N–H and O–H groups in total. The van der Waals surface area contributed by atoms with Crippen molar-refractivity contribution in [2.45, 2.75) is 25.6 Å². The Kier molecular flexibility index (Phi) is 7.01. The van der Waals surface area contributed by atoms with Gasteiger partial charge in [-0.15, -0.1) is 0 Å². The molecule has 0 bridgehead atoms. The van der Waals surface area contributed by atoms with E-state index in [0.717, 1.165) is 5.56 Å². The van der Waals surface area contributed by atoms with Crippen LogP contribution in [-0.2, 0) is 4.74 Å². The lowest BCUT2D eigenvalue weighted by Gasteiger charge is -2.14. The maximum absolute atomic E-state index is 11.8. The van der Waals surface area contributed by atoms with E-state index in [2.05, 4.69) is 15.0 Å². The van der Waals surface area contributed by atoms with Crippen LogP contribution in [0.2, 0.25) is 0 Å². The van der Waals surface area contributed by atoms with Gasteiger partial charge < -0.3 is 15.8 Å². The smallest absolute Gasteiger partial charge is 0.372 e. The number of alkyl halides is 3. The lowest BCUT2D eigenvalue weighted by molar-refractivity contribution is -0.173. The van der Waals surface area contributed by atoms with Gasteiger partial charge in [0.2, 0.25) is 0 Å². The van der Waals surface area contributed by atoms with Crippen LogP contribution in [0.25, 0.3) is 0 Å². The van der Waals surface area contributed by atoms with Gasteiger partial charge in [0.05, 0.1) is 6.04 Å². The van der Waals surface area contributed by atoms with Gasteiger partial charge in [-0.25, -0.2) is 0 Å². The summed E-state index contributed by atoms with van der Waals surface area (Å²) in [6, 6.07) is 9.73. The van der Waals surface area contributed by atoms with Crippen molar-refractivity contribution in [3.05, 3.63) is 35.9 Å². The van der Waals surface area contributed by atoms with Gasteiger partial charge in [0.15, 0.2) is 5.96 Å². The van der Waals surface area contributed by atoms with Crippen LogP contribution in [0.3, 0.4) is 0 Å². The molecule has 4 nitrogen and oxygen atoms in total. The van der Waals surface area contributed by atoms with Gasteiger partial charge in [-0.05, 0) is 18.9 Å². The molecule has 1 rings (SSSR count). The van der Waals surface area contributed by atoms with Gasteiger partial charge in [-0.1, -0.05) is 30.3 Å². The minimum Gasteiger partial charge on any atom is -0.372 e. The molecule has 1 unspecified atom stereocenters. The highest BCUT2D eigenvalue weighted by Crippen LogP contribution is 2.14. The number of hydrogen-bond acceptors (Lipinski definition) is 2. The van der Waals surface area contributed by atoms with E-state index >= 15 is 0 Å². The Labute approximate surface area is 122 Å². The predicted molar refractivity (Wildman–Crippen MR) is 76.0 cm³/mol. The van der Waals surface area contributed by atoms with Crippen LogP contribution >= 0.6 is 0 Å². The zero-order valence-corrected chi connectivity index (χ0v) is 11.9. The lowest BCUT2D eigenvalue weighted by atomic mass is 10.1. The molecule has 0 aliphatic carbocycles. The number of rotatable bonds is 7. The zero-order valence-electron chi connectivity index (χ0n) is 11.9. The van der Waals surface area contributed by atoms with E-state index in [1.54, 1.807) is 0 Å². The van der Waals surface area contributed by atoms with Gasteiger partial charge >= 0.3 is 6.18 Å². The standard InChI is InChI=1S/C14H20F3N3O/c1-11(12-6-3-2-4-7-12)20-13(18)19-8-5-9-21-10-14(15,16)17/h2-4,6-7,11H,5,8-10H2,1H3,(H3,18,19,20). The van der Waals surface area contributed by atoms with Gasteiger partial charge in [0, 0.05) is 13.2 Å². The van der Waals surface area contributed by atoms with E-state index in [0.29, 0.717) is 13.0 Å².